The highest BCUT2D eigenvalue weighted by Gasteiger charge is 2.11. The zero-order chi connectivity index (χ0) is 14.9. The lowest BCUT2D eigenvalue weighted by Crippen LogP contribution is -2.44. The highest BCUT2D eigenvalue weighted by molar-refractivity contribution is 5.78. The first kappa shape index (κ1) is 15.4. The van der Waals surface area contributed by atoms with E-state index in [-0.39, 0.29) is 0 Å². The van der Waals surface area contributed by atoms with Gasteiger partial charge in [-0.05, 0) is 24.3 Å². The summed E-state index contributed by atoms with van der Waals surface area (Å²) < 4.78 is 16.0. The van der Waals surface area contributed by atoms with Crippen molar-refractivity contribution in [2.45, 2.75) is 6.42 Å². The number of morpholine rings is 1. The number of nitrogens with two attached hydrogens (primary N) is 1. The average molecular weight is 293 g/mol. The molecule has 6 nitrogen and oxygen atoms in total. The summed E-state index contributed by atoms with van der Waals surface area (Å²) in [5.41, 5.74) is 5.94. The van der Waals surface area contributed by atoms with Gasteiger partial charge < -0.3 is 24.8 Å². The molecule has 0 aromatic heterocycles. The fourth-order valence-corrected chi connectivity index (χ4v) is 2.01. The van der Waals surface area contributed by atoms with E-state index >= 15 is 0 Å². The van der Waals surface area contributed by atoms with Gasteiger partial charge in [0.15, 0.2) is 5.96 Å². The predicted molar refractivity (Wildman–Crippen MR) is 82.0 cm³/mol. The van der Waals surface area contributed by atoms with Gasteiger partial charge >= 0.3 is 0 Å². The Bertz CT molecular complexity index is 442. The van der Waals surface area contributed by atoms with Crippen LogP contribution in [0.1, 0.15) is 6.42 Å². The van der Waals surface area contributed by atoms with Gasteiger partial charge in [-0.25, -0.2) is 0 Å². The first-order valence-corrected chi connectivity index (χ1v) is 7.19. The smallest absolute Gasteiger partial charge is 0.191 e. The molecule has 2 rings (SSSR count). The molecule has 1 aromatic rings. The molecule has 0 aliphatic carbocycles. The Hall–Kier alpha value is -1.95. The van der Waals surface area contributed by atoms with E-state index in [2.05, 4.69) is 4.99 Å². The number of methoxy groups -OCH3 is 1. The molecule has 0 unspecified atom stereocenters. The largest absolute Gasteiger partial charge is 0.497 e. The third-order valence-electron chi connectivity index (χ3n) is 3.24. The van der Waals surface area contributed by atoms with E-state index in [4.69, 9.17) is 19.9 Å². The molecular weight excluding hydrogens is 270 g/mol. The van der Waals surface area contributed by atoms with Crippen LogP contribution in [0, 0.1) is 0 Å². The molecule has 0 atom stereocenters. The zero-order valence-corrected chi connectivity index (χ0v) is 12.5. The predicted octanol–water partition coefficient (Wildman–Crippen LogP) is 1.11. The van der Waals surface area contributed by atoms with Crippen LogP contribution in [-0.4, -0.2) is 57.4 Å². The van der Waals surface area contributed by atoms with Crippen LogP contribution in [0.4, 0.5) is 0 Å². The fraction of sp³-hybridized carbons (Fsp3) is 0.533. The van der Waals surface area contributed by atoms with Crippen LogP contribution in [0.25, 0.3) is 0 Å². The normalized spacial score (nSPS) is 15.9. The van der Waals surface area contributed by atoms with E-state index in [1.54, 1.807) is 7.11 Å². The maximum atomic E-state index is 5.94. The molecule has 21 heavy (non-hydrogen) atoms. The zero-order valence-electron chi connectivity index (χ0n) is 12.5. The number of guanidine groups is 1. The minimum absolute atomic E-state index is 0.600. The first-order chi connectivity index (χ1) is 10.3. The van der Waals surface area contributed by atoms with Crippen LogP contribution in [0.3, 0.4) is 0 Å². The Morgan fingerprint density at radius 1 is 1.24 bits per heavy atom. The summed E-state index contributed by atoms with van der Waals surface area (Å²) in [6.45, 7) is 4.36. The minimum Gasteiger partial charge on any atom is -0.497 e. The summed E-state index contributed by atoms with van der Waals surface area (Å²) in [4.78, 5) is 6.42. The Morgan fingerprint density at radius 2 is 1.90 bits per heavy atom. The van der Waals surface area contributed by atoms with Crippen molar-refractivity contribution in [1.29, 1.82) is 0 Å². The van der Waals surface area contributed by atoms with Gasteiger partial charge in [-0.3, -0.25) is 4.99 Å². The Labute approximate surface area is 125 Å². The molecule has 2 N–H and O–H groups in total. The van der Waals surface area contributed by atoms with Crippen molar-refractivity contribution in [3.05, 3.63) is 24.3 Å². The lowest BCUT2D eigenvalue weighted by Gasteiger charge is -2.27. The molecule has 1 heterocycles. The summed E-state index contributed by atoms with van der Waals surface area (Å²) in [5.74, 6) is 2.26. The van der Waals surface area contributed by atoms with Gasteiger partial charge in [-0.15, -0.1) is 0 Å². The molecule has 1 aliphatic heterocycles. The van der Waals surface area contributed by atoms with E-state index < -0.39 is 0 Å². The van der Waals surface area contributed by atoms with Crippen LogP contribution < -0.4 is 15.2 Å². The lowest BCUT2D eigenvalue weighted by molar-refractivity contribution is 0.0674. The van der Waals surface area contributed by atoms with Gasteiger partial charge in [-0.2, -0.15) is 0 Å². The lowest BCUT2D eigenvalue weighted by atomic mass is 10.3. The molecule has 0 spiro atoms. The number of ether oxygens (including phenoxy) is 3. The molecule has 1 fully saturated rings. The highest BCUT2D eigenvalue weighted by atomic mass is 16.5. The minimum atomic E-state index is 0.600. The van der Waals surface area contributed by atoms with E-state index in [1.807, 2.05) is 29.2 Å². The second-order valence-electron chi connectivity index (χ2n) is 4.72. The van der Waals surface area contributed by atoms with E-state index in [0.717, 1.165) is 44.2 Å². The summed E-state index contributed by atoms with van der Waals surface area (Å²) in [5, 5.41) is 0. The van der Waals surface area contributed by atoms with Crippen LogP contribution in [0.5, 0.6) is 11.5 Å². The van der Waals surface area contributed by atoms with E-state index in [1.165, 1.54) is 0 Å². The van der Waals surface area contributed by atoms with Crippen LogP contribution >= 0.6 is 0 Å². The molecule has 0 saturated carbocycles. The fourth-order valence-electron chi connectivity index (χ4n) is 2.01. The molecule has 0 radical (unpaired) electrons. The number of aliphatic imine (C=N–C) groups is 1. The van der Waals surface area contributed by atoms with Crippen molar-refractivity contribution in [2.75, 3.05) is 46.6 Å². The number of nitrogens with zero attached hydrogens (tertiary/aromatic N) is 2. The Kier molecular flexibility index (Phi) is 6.15. The average Bonchev–Trinajstić information content (AvgIpc) is 2.55. The van der Waals surface area contributed by atoms with Gasteiger partial charge in [0.2, 0.25) is 0 Å². The molecule has 0 amide bonds. The van der Waals surface area contributed by atoms with Crippen molar-refractivity contribution >= 4 is 5.96 Å². The monoisotopic (exact) mass is 293 g/mol. The van der Waals surface area contributed by atoms with E-state index in [0.29, 0.717) is 19.1 Å². The van der Waals surface area contributed by atoms with Crippen molar-refractivity contribution in [1.82, 2.24) is 4.90 Å². The molecule has 1 aliphatic rings. The molecule has 116 valence electrons. The third kappa shape index (κ3) is 5.15. The molecule has 6 heteroatoms. The first-order valence-electron chi connectivity index (χ1n) is 7.19. The van der Waals surface area contributed by atoms with Gasteiger partial charge in [0.25, 0.3) is 0 Å². The Morgan fingerprint density at radius 3 is 2.57 bits per heavy atom. The van der Waals surface area contributed by atoms with Crippen LogP contribution in [-0.2, 0) is 4.74 Å². The van der Waals surface area contributed by atoms with Crippen molar-refractivity contribution in [3.63, 3.8) is 0 Å². The summed E-state index contributed by atoms with van der Waals surface area (Å²) >= 11 is 0. The quantitative estimate of drug-likeness (QED) is 0.483. The van der Waals surface area contributed by atoms with Crippen molar-refractivity contribution < 1.29 is 14.2 Å². The van der Waals surface area contributed by atoms with Crippen LogP contribution in [0.2, 0.25) is 0 Å². The number of benzene rings is 1. The van der Waals surface area contributed by atoms with Crippen molar-refractivity contribution in [2.24, 2.45) is 10.7 Å². The van der Waals surface area contributed by atoms with Gasteiger partial charge in [-0.1, -0.05) is 0 Å². The summed E-state index contributed by atoms with van der Waals surface area (Å²) in [7, 11) is 1.65. The van der Waals surface area contributed by atoms with Crippen molar-refractivity contribution in [3.8, 4) is 11.5 Å². The second kappa shape index (κ2) is 8.36. The number of hydrogen-bond donors (Lipinski definition) is 1. The number of rotatable bonds is 6. The van der Waals surface area contributed by atoms with Crippen LogP contribution in [0.15, 0.2) is 29.3 Å². The van der Waals surface area contributed by atoms with Gasteiger partial charge in [0.05, 0.1) is 26.9 Å². The maximum absolute atomic E-state index is 5.94. The molecule has 0 bridgehead atoms. The standard InChI is InChI=1S/C15H23N3O3/c1-19-13-3-5-14(6-4-13)21-10-2-7-17-15(16)18-8-11-20-12-9-18/h3-6H,2,7-12H2,1H3,(H2,16,17). The maximum Gasteiger partial charge on any atom is 0.191 e. The summed E-state index contributed by atoms with van der Waals surface area (Å²) in [6.07, 6.45) is 0.830. The van der Waals surface area contributed by atoms with Gasteiger partial charge in [0, 0.05) is 26.1 Å². The molecule has 1 aromatic carbocycles. The SMILES string of the molecule is COc1ccc(OCCCN=C(N)N2CCOCC2)cc1. The third-order valence-corrected chi connectivity index (χ3v) is 3.24. The highest BCUT2D eigenvalue weighted by Crippen LogP contribution is 2.16. The van der Waals surface area contributed by atoms with Gasteiger partial charge in [0.1, 0.15) is 11.5 Å². The number of hydrogen-bond acceptors (Lipinski definition) is 4. The topological polar surface area (TPSA) is 69.3 Å². The molecule has 1 saturated heterocycles. The Balaban J connectivity index is 1.64. The molecular formula is C15H23N3O3. The van der Waals surface area contributed by atoms with E-state index in [9.17, 15) is 0 Å². The summed E-state index contributed by atoms with van der Waals surface area (Å²) in [6, 6.07) is 7.54. The second-order valence-corrected chi connectivity index (χ2v) is 4.72.